The molecule has 0 atom stereocenters. The smallest absolute Gasteiger partial charge is 0.280 e. The Morgan fingerprint density at radius 3 is 2.78 bits per heavy atom. The van der Waals surface area contributed by atoms with E-state index < -0.39 is 0 Å². The van der Waals surface area contributed by atoms with E-state index in [0.29, 0.717) is 12.0 Å². The molecule has 1 aromatic heterocycles. The van der Waals surface area contributed by atoms with Crippen LogP contribution < -0.4 is 5.32 Å². The summed E-state index contributed by atoms with van der Waals surface area (Å²) in [6.45, 7) is 0.217. The van der Waals surface area contributed by atoms with Crippen LogP contribution in [0.3, 0.4) is 0 Å². The maximum Gasteiger partial charge on any atom is 0.280 e. The van der Waals surface area contributed by atoms with Gasteiger partial charge in [-0.05, 0) is 61.4 Å². The standard InChI is InChI=1S/C21H21N3O3/c25-18(23-17-10-3-7-14-6-1-2-8-15(14)17)11-5-13-24-20(26)16-9-4-12-22-19(16)21(24)27/h3-4,7,9-10,12H,1-2,5-6,8,11,13H2,(H,23,25). The number of anilines is 1. The molecule has 1 aromatic carbocycles. The minimum atomic E-state index is -0.381. The first kappa shape index (κ1) is 17.4. The molecule has 0 fully saturated rings. The number of benzene rings is 1. The van der Waals surface area contributed by atoms with Gasteiger partial charge in [0.15, 0.2) is 0 Å². The minimum absolute atomic E-state index is 0.0938. The zero-order chi connectivity index (χ0) is 18.8. The van der Waals surface area contributed by atoms with Gasteiger partial charge >= 0.3 is 0 Å². The normalized spacial score (nSPS) is 15.5. The maximum absolute atomic E-state index is 12.3. The highest BCUT2D eigenvalue weighted by Gasteiger charge is 2.36. The number of hydrogen-bond donors (Lipinski definition) is 1. The van der Waals surface area contributed by atoms with Crippen molar-refractivity contribution in [2.24, 2.45) is 0 Å². The number of nitrogens with zero attached hydrogens (tertiary/aromatic N) is 2. The molecule has 2 heterocycles. The van der Waals surface area contributed by atoms with Gasteiger partial charge in [-0.25, -0.2) is 0 Å². The molecule has 1 aliphatic heterocycles. The summed E-state index contributed by atoms with van der Waals surface area (Å²) in [5.41, 5.74) is 3.98. The van der Waals surface area contributed by atoms with Crippen molar-refractivity contribution in [3.8, 4) is 0 Å². The number of aryl methyl sites for hydroxylation is 1. The highest BCUT2D eigenvalue weighted by Crippen LogP contribution is 2.28. The van der Waals surface area contributed by atoms with Gasteiger partial charge in [-0.3, -0.25) is 24.3 Å². The number of aromatic nitrogens is 1. The van der Waals surface area contributed by atoms with E-state index in [1.807, 2.05) is 12.1 Å². The van der Waals surface area contributed by atoms with Gasteiger partial charge in [-0.15, -0.1) is 0 Å². The Morgan fingerprint density at radius 1 is 1.07 bits per heavy atom. The average molecular weight is 363 g/mol. The van der Waals surface area contributed by atoms with Crippen LogP contribution in [0.4, 0.5) is 5.69 Å². The molecule has 2 aliphatic rings. The summed E-state index contributed by atoms with van der Waals surface area (Å²) in [5, 5.41) is 3.00. The fourth-order valence-corrected chi connectivity index (χ4v) is 3.83. The molecule has 6 heteroatoms. The van der Waals surface area contributed by atoms with Crippen LogP contribution in [0.5, 0.6) is 0 Å². The summed E-state index contributed by atoms with van der Waals surface area (Å²) >= 11 is 0. The molecule has 27 heavy (non-hydrogen) atoms. The van der Waals surface area contributed by atoms with E-state index in [1.165, 1.54) is 28.6 Å². The summed E-state index contributed by atoms with van der Waals surface area (Å²) in [4.78, 5) is 42.1. The number of fused-ring (bicyclic) bond motifs is 2. The summed E-state index contributed by atoms with van der Waals surface area (Å²) in [6, 6.07) is 9.29. The lowest BCUT2D eigenvalue weighted by atomic mass is 9.90. The Balaban J connectivity index is 1.33. The third-order valence-corrected chi connectivity index (χ3v) is 5.19. The van der Waals surface area contributed by atoms with E-state index in [-0.39, 0.29) is 36.4 Å². The first-order chi connectivity index (χ1) is 13.1. The van der Waals surface area contributed by atoms with Gasteiger partial charge in [0, 0.05) is 24.8 Å². The highest BCUT2D eigenvalue weighted by atomic mass is 16.2. The number of imide groups is 1. The SMILES string of the molecule is O=C(CCCN1C(=O)c2cccnc2C1=O)Nc1cccc2c1CCCC2. The maximum atomic E-state index is 12.3. The predicted molar refractivity (Wildman–Crippen MR) is 101 cm³/mol. The van der Waals surface area contributed by atoms with Crippen LogP contribution in [0.15, 0.2) is 36.5 Å². The van der Waals surface area contributed by atoms with E-state index in [4.69, 9.17) is 0 Å². The number of rotatable bonds is 5. The van der Waals surface area contributed by atoms with Crippen molar-refractivity contribution >= 4 is 23.4 Å². The largest absolute Gasteiger partial charge is 0.326 e. The Morgan fingerprint density at radius 2 is 1.93 bits per heavy atom. The van der Waals surface area contributed by atoms with E-state index in [1.54, 1.807) is 12.1 Å². The molecule has 0 spiro atoms. The molecule has 0 saturated carbocycles. The lowest BCUT2D eigenvalue weighted by Gasteiger charge is -2.19. The van der Waals surface area contributed by atoms with Crippen molar-refractivity contribution in [2.75, 3.05) is 11.9 Å². The quantitative estimate of drug-likeness (QED) is 0.829. The van der Waals surface area contributed by atoms with E-state index in [2.05, 4.69) is 16.4 Å². The van der Waals surface area contributed by atoms with Gasteiger partial charge < -0.3 is 5.32 Å². The van der Waals surface area contributed by atoms with Crippen LogP contribution in [0, 0.1) is 0 Å². The summed E-state index contributed by atoms with van der Waals surface area (Å²) in [5.74, 6) is -0.808. The van der Waals surface area contributed by atoms with E-state index in [9.17, 15) is 14.4 Å². The fourth-order valence-electron chi connectivity index (χ4n) is 3.83. The molecule has 1 N–H and O–H groups in total. The highest BCUT2D eigenvalue weighted by molar-refractivity contribution is 6.20. The van der Waals surface area contributed by atoms with Crippen LogP contribution in [-0.4, -0.2) is 34.2 Å². The molecule has 0 saturated heterocycles. The van der Waals surface area contributed by atoms with Gasteiger partial charge in [0.05, 0.1) is 5.56 Å². The number of hydrogen-bond acceptors (Lipinski definition) is 4. The predicted octanol–water partition coefficient (Wildman–Crippen LogP) is 2.98. The van der Waals surface area contributed by atoms with Crippen LogP contribution in [0.25, 0.3) is 0 Å². The van der Waals surface area contributed by atoms with Crippen LogP contribution in [0.2, 0.25) is 0 Å². The van der Waals surface area contributed by atoms with Gasteiger partial charge in [-0.2, -0.15) is 0 Å². The van der Waals surface area contributed by atoms with Crippen molar-refractivity contribution in [3.63, 3.8) is 0 Å². The Kier molecular flexibility index (Phi) is 4.71. The van der Waals surface area contributed by atoms with Gasteiger partial charge in [0.1, 0.15) is 5.69 Å². The minimum Gasteiger partial charge on any atom is -0.326 e. The van der Waals surface area contributed by atoms with E-state index in [0.717, 1.165) is 24.9 Å². The lowest BCUT2D eigenvalue weighted by Crippen LogP contribution is -2.31. The van der Waals surface area contributed by atoms with Gasteiger partial charge in [0.2, 0.25) is 5.91 Å². The first-order valence-electron chi connectivity index (χ1n) is 9.37. The molecule has 6 nitrogen and oxygen atoms in total. The molecule has 0 bridgehead atoms. The summed E-state index contributed by atoms with van der Waals surface area (Å²) < 4.78 is 0. The molecular formula is C21H21N3O3. The van der Waals surface area contributed by atoms with Crippen molar-refractivity contribution in [1.29, 1.82) is 0 Å². The molecule has 0 unspecified atom stereocenters. The lowest BCUT2D eigenvalue weighted by molar-refractivity contribution is -0.116. The van der Waals surface area contributed by atoms with Crippen molar-refractivity contribution < 1.29 is 14.4 Å². The average Bonchev–Trinajstić information content (AvgIpc) is 2.93. The van der Waals surface area contributed by atoms with Crippen LogP contribution in [-0.2, 0) is 17.6 Å². The Labute approximate surface area is 157 Å². The van der Waals surface area contributed by atoms with Crippen molar-refractivity contribution in [1.82, 2.24) is 9.88 Å². The zero-order valence-electron chi connectivity index (χ0n) is 15.0. The number of nitrogens with one attached hydrogen (secondary N) is 1. The second kappa shape index (κ2) is 7.31. The topological polar surface area (TPSA) is 79.4 Å². The van der Waals surface area contributed by atoms with E-state index >= 15 is 0 Å². The number of amides is 3. The number of carbonyl (C=O) groups excluding carboxylic acids is 3. The third kappa shape index (κ3) is 3.35. The molecule has 0 radical (unpaired) electrons. The fraction of sp³-hybridized carbons (Fsp3) is 0.333. The van der Waals surface area contributed by atoms with Gasteiger partial charge in [-0.1, -0.05) is 12.1 Å². The second-order valence-electron chi connectivity index (χ2n) is 6.96. The Bertz CT molecular complexity index is 888. The Hall–Kier alpha value is -3.02. The molecular weight excluding hydrogens is 342 g/mol. The molecule has 2 aromatic rings. The number of pyridine rings is 1. The van der Waals surface area contributed by atoms with Crippen LogP contribution in [0.1, 0.15) is 57.7 Å². The molecule has 138 valence electrons. The zero-order valence-corrected chi connectivity index (χ0v) is 15.0. The third-order valence-electron chi connectivity index (χ3n) is 5.19. The number of carbonyl (C=O) groups is 3. The van der Waals surface area contributed by atoms with Crippen molar-refractivity contribution in [2.45, 2.75) is 38.5 Å². The molecule has 1 aliphatic carbocycles. The first-order valence-corrected chi connectivity index (χ1v) is 9.37. The molecule has 3 amide bonds. The van der Waals surface area contributed by atoms with Gasteiger partial charge in [0.25, 0.3) is 11.8 Å². The van der Waals surface area contributed by atoms with Crippen molar-refractivity contribution in [3.05, 3.63) is 58.9 Å². The monoisotopic (exact) mass is 363 g/mol. The van der Waals surface area contributed by atoms with Crippen LogP contribution >= 0.6 is 0 Å². The summed E-state index contributed by atoms with van der Waals surface area (Å²) in [7, 11) is 0. The summed E-state index contributed by atoms with van der Waals surface area (Å²) in [6.07, 6.45) is 6.58. The second-order valence-corrected chi connectivity index (χ2v) is 6.96. The molecule has 4 rings (SSSR count).